The van der Waals surface area contributed by atoms with Gasteiger partial charge in [0, 0.05) is 117 Å². The number of amides is 5. The largest absolute Gasteiger partial charge is 0.507 e. The number of nitrogens with one attached hydrogen (secondary N) is 3. The van der Waals surface area contributed by atoms with Crippen LogP contribution in [0.4, 0.5) is 0 Å². The van der Waals surface area contributed by atoms with Gasteiger partial charge >= 0.3 is 27.3 Å². The maximum atomic E-state index is 14.5. The molecule has 3 heterocycles. The van der Waals surface area contributed by atoms with Gasteiger partial charge in [-0.15, -0.1) is 12.4 Å². The first-order valence-electron chi connectivity index (χ1n) is 51.0. The van der Waals surface area contributed by atoms with Crippen molar-refractivity contribution >= 4 is 97.9 Å². The molecule has 5 aromatic rings. The van der Waals surface area contributed by atoms with E-state index in [1.807, 2.05) is 13.0 Å². The Hall–Kier alpha value is -9.08. The Morgan fingerprint density at radius 2 is 0.899 bits per heavy atom. The van der Waals surface area contributed by atoms with Crippen molar-refractivity contribution in [2.24, 2.45) is 58.1 Å². The Labute approximate surface area is 831 Å². The number of carbonyl (C=O) groups excluding carboxylic acids is 9. The Morgan fingerprint density at radius 3 is 1.27 bits per heavy atom. The number of nitrogens with zero attached hydrogens (tertiary/aromatic N) is 2. The summed E-state index contributed by atoms with van der Waals surface area (Å²) in [6, 6.07) is 21.6. The highest BCUT2D eigenvalue weighted by Crippen LogP contribution is 2.66. The summed E-state index contributed by atoms with van der Waals surface area (Å²) in [5.74, 6) is -8.67. The number of rotatable bonds is 46. The van der Waals surface area contributed by atoms with Crippen LogP contribution in [0, 0.1) is 40.9 Å². The van der Waals surface area contributed by atoms with Crippen molar-refractivity contribution in [3.8, 4) is 45.3 Å². The molecule has 1 saturated heterocycles. The number of aliphatic carboxylic acids is 1. The van der Waals surface area contributed by atoms with Gasteiger partial charge in [0.2, 0.25) is 29.5 Å². The lowest BCUT2D eigenvalue weighted by molar-refractivity contribution is -0.199. The van der Waals surface area contributed by atoms with Crippen molar-refractivity contribution in [3.05, 3.63) is 125 Å². The molecular weight excluding hydrogens is 1790 g/mol. The SMILES string of the molecule is CCCCCCCCCCCCCC(=O)C[C@@H](CCCCN)C(=O)N(C)[C@@H]1C(=O)C[C@@H](C)C(=O)N[C@H](C(=O)N[C@@H](C)B(O)O)Cc2ccc(O)c(c2)-c2cc1ccc2O.CCCCCCCCCCCCCC(=O)C[C@@H](CCCCN)C(=O)N(C)[C@@H]1C(=O)C[C@@H](C)C(=O)N[C@H](C(=O)O)Cc2ccc(O)c(c2)-c2cc1ccc2O.C[C@H](N)B1O[C@@H]2C[C@@H]3C[C@@H](C3(C)C)[C@]2(C)O1.Cl.OB(O)c1ccccc1. The van der Waals surface area contributed by atoms with Crippen molar-refractivity contribution in [1.29, 1.82) is 0 Å². The van der Waals surface area contributed by atoms with Crippen LogP contribution in [0.1, 0.15) is 328 Å². The highest BCUT2D eigenvalue weighted by molar-refractivity contribution is 6.58. The Morgan fingerprint density at radius 1 is 0.518 bits per heavy atom. The smallest absolute Gasteiger partial charge is 0.488 e. The van der Waals surface area contributed by atoms with Crippen LogP contribution < -0.4 is 38.6 Å². The topological polar surface area (TPSA) is 492 Å². The van der Waals surface area contributed by atoms with Gasteiger partial charge in [0.1, 0.15) is 58.7 Å². The number of hydrogen-bond acceptors (Lipinski definition) is 23. The molecule has 5 amide bonds. The number of aromatic hydroxyl groups is 4. The van der Waals surface area contributed by atoms with Gasteiger partial charge in [-0.05, 0) is 172 Å². The highest BCUT2D eigenvalue weighted by atomic mass is 35.5. The zero-order chi connectivity index (χ0) is 102. The molecule has 14 atom stereocenters. The normalized spacial score (nSPS) is 21.1. The number of likely N-dealkylation sites (N-methyl/N-ethyl adjacent to an activating group) is 2. The molecule has 29 nitrogen and oxygen atoms in total. The molecule has 5 aromatic carbocycles. The monoisotopic (exact) mass is 1950 g/mol. The number of phenolic OH excluding ortho intramolecular Hbond substituents is 4. The molecule has 0 radical (unpaired) electrons. The van der Waals surface area contributed by atoms with Gasteiger partial charge in [0.05, 0.1) is 17.6 Å². The summed E-state index contributed by atoms with van der Waals surface area (Å²) >= 11 is 0. The minimum Gasteiger partial charge on any atom is -0.507 e. The first-order chi connectivity index (χ1) is 65.7. The third-order valence-corrected chi connectivity index (χ3v) is 28.6. The van der Waals surface area contributed by atoms with Gasteiger partial charge in [-0.3, -0.25) is 43.2 Å². The lowest BCUT2D eigenvalue weighted by Gasteiger charge is -2.64. The van der Waals surface area contributed by atoms with Crippen LogP contribution >= 0.6 is 12.4 Å². The first-order valence-corrected chi connectivity index (χ1v) is 51.0. The molecule has 18 N–H and O–H groups in total. The quantitative estimate of drug-likeness (QED) is 0.0127. The Bertz CT molecular complexity index is 4730. The minimum absolute atomic E-state index is 0. The van der Waals surface area contributed by atoms with Crippen molar-refractivity contribution in [3.63, 3.8) is 0 Å². The van der Waals surface area contributed by atoms with Crippen molar-refractivity contribution in [2.45, 2.75) is 354 Å². The molecule has 139 heavy (non-hydrogen) atoms. The summed E-state index contributed by atoms with van der Waals surface area (Å²) in [6.07, 6.45) is 31.9. The van der Waals surface area contributed by atoms with E-state index in [1.54, 1.807) is 42.5 Å². The molecule has 0 spiro atoms. The van der Waals surface area contributed by atoms with Gasteiger partial charge in [-0.1, -0.05) is 244 Å². The van der Waals surface area contributed by atoms with E-state index in [9.17, 15) is 83.5 Å². The molecule has 0 aromatic heterocycles. The zero-order valence-electron chi connectivity index (χ0n) is 84.3. The Balaban J connectivity index is 0.000000337. The van der Waals surface area contributed by atoms with Crippen molar-refractivity contribution in [1.82, 2.24) is 25.8 Å². The molecule has 768 valence electrons. The van der Waals surface area contributed by atoms with Gasteiger partial charge in [-0.25, -0.2) is 4.79 Å². The number of unbranched alkanes of at least 4 members (excludes halogenated alkanes) is 22. The predicted octanol–water partition coefficient (Wildman–Crippen LogP) is 14.6. The average molecular weight is 1950 g/mol. The zero-order valence-corrected chi connectivity index (χ0v) is 85.1. The van der Waals surface area contributed by atoms with Gasteiger partial charge in [-0.2, -0.15) is 0 Å². The van der Waals surface area contributed by atoms with Crippen molar-refractivity contribution < 1.29 is 103 Å². The van der Waals surface area contributed by atoms with Gasteiger partial charge < -0.3 is 97.9 Å². The summed E-state index contributed by atoms with van der Waals surface area (Å²) in [5, 5.41) is 97.8. The molecule has 11 rings (SSSR count). The van der Waals surface area contributed by atoms with E-state index < -0.39 is 109 Å². The summed E-state index contributed by atoms with van der Waals surface area (Å²) < 4.78 is 12.1. The number of nitrogens with two attached hydrogens (primary N) is 3. The molecule has 3 aliphatic carbocycles. The summed E-state index contributed by atoms with van der Waals surface area (Å²) in [7, 11) is -0.389. The summed E-state index contributed by atoms with van der Waals surface area (Å²) in [6.45, 7) is 18.7. The van der Waals surface area contributed by atoms with Crippen LogP contribution in [-0.4, -0.2) is 198 Å². The molecule has 3 saturated carbocycles. The second kappa shape index (κ2) is 59.7. The summed E-state index contributed by atoms with van der Waals surface area (Å²) in [4.78, 5) is 139. The molecule has 33 heteroatoms. The van der Waals surface area contributed by atoms with Crippen molar-refractivity contribution in [2.75, 3.05) is 27.2 Å². The van der Waals surface area contributed by atoms with Crippen LogP contribution in [0.2, 0.25) is 0 Å². The summed E-state index contributed by atoms with van der Waals surface area (Å²) in [5.41, 5.74) is 20.7. The van der Waals surface area contributed by atoms with Crippen LogP contribution in [0.5, 0.6) is 23.0 Å². The van der Waals surface area contributed by atoms with E-state index >= 15 is 0 Å². The van der Waals surface area contributed by atoms with Gasteiger partial charge in [0.15, 0.2) is 11.6 Å². The first kappa shape index (κ1) is 119. The molecule has 0 unspecified atom stereocenters. The molecule has 6 aliphatic rings. The van der Waals surface area contributed by atoms with E-state index in [0.717, 1.165) is 63.7 Å². The number of fused-ring (bicyclic) bond motifs is 10. The lowest BCUT2D eigenvalue weighted by atomic mass is 9.43. The maximum absolute atomic E-state index is 14.5. The Kier molecular flexibility index (Phi) is 51.0. The highest BCUT2D eigenvalue weighted by Gasteiger charge is 2.68. The molecule has 4 fully saturated rings. The van der Waals surface area contributed by atoms with Crippen LogP contribution in [-0.2, 0) is 70.1 Å². The lowest BCUT2D eigenvalue weighted by Crippen LogP contribution is -2.65. The number of carbonyl (C=O) groups is 10. The second-order valence-electron chi connectivity index (χ2n) is 40.2. The average Bonchev–Trinajstić information content (AvgIpc) is 1.61. The number of hydrogen-bond donors (Lipinski definition) is 15. The van der Waals surface area contributed by atoms with Gasteiger partial charge in [0.25, 0.3) is 0 Å². The maximum Gasteiger partial charge on any atom is 0.488 e. The van der Waals surface area contributed by atoms with E-state index in [4.69, 9.17) is 36.6 Å². The number of halogens is 1. The molecule has 3 aliphatic heterocycles. The second-order valence-corrected chi connectivity index (χ2v) is 40.2. The number of benzene rings is 5. The minimum atomic E-state index is -1.86. The number of Topliss-reactive ketones (excluding diaryl/α,β-unsaturated/α-hetero) is 4. The number of phenols is 4. The van der Waals surface area contributed by atoms with Crippen LogP contribution in [0.15, 0.2) is 103 Å². The number of carboxylic acids is 1. The van der Waals surface area contributed by atoms with Crippen LogP contribution in [0.25, 0.3) is 22.3 Å². The fourth-order valence-corrected chi connectivity index (χ4v) is 19.9. The third-order valence-electron chi connectivity index (χ3n) is 28.6. The molecular formula is C106H162B3ClN8O21. The predicted molar refractivity (Wildman–Crippen MR) is 547 cm³/mol. The fraction of sp³-hybridized carbons (Fsp3) is 0.623. The molecule has 10 bridgehead atoms. The fourth-order valence-electron chi connectivity index (χ4n) is 19.9. The third kappa shape index (κ3) is 36.1. The standard InChI is InChI=1S/C45H69BN4O9.C43H63N3O8.C12H22BNO2.C6H7BO2.ClH/c1-5-6-7-8-9-10-11-12-13-14-15-19-35(51)28-34(18-16-17-24-47)45(57)50(4)42-33-21-23-40(53)37(29-33)36-26-32(20-22-39(36)52)27-38(44(56)48-31(3)46(58)59)49-43(55)30(2)25-41(42)54;1-4-5-6-7-8-9-10-11-12-13-14-18-33(47)27-32(17-15-16-23-44)42(52)46(3)40-31-20-22-38(49)35(28-31)34-25-30(19-21-37(34)48)26-36(43(53)54)45-41(51)29(2)24-39(40)50;1-7(14)13-15-10-6-8-5-9(11(8,2)3)12(10,4)16-13;8-7(9)6-4-2-1-3-5-6;/h20-23,26,29-31,34,38,42,52-53,58-59H,5-19,24-25,27-28,47H2,1-4H3,(H,48,56)(H,49,55);19-22,25,28-29,32,36,40,48-49H,4-18,23-24,26-27,44H2,1-3H3,(H,45,51)(H,53,54);7-10H,5-6,14H2,1-4H3;1-5,8-9H;1H/t30-,31+,34-,38+,42+;29-,32-,36+,40+;7-,8-,9-,10+,12-;;/m110../s1. The number of ketones is 4. The van der Waals surface area contributed by atoms with E-state index in [1.165, 1.54) is 196 Å². The van der Waals surface area contributed by atoms with Crippen LogP contribution in [0.3, 0.4) is 0 Å². The van der Waals surface area contributed by atoms with E-state index in [2.05, 4.69) is 50.6 Å². The number of carboxylic acid groups (broad SMARTS) is 1. The van der Waals surface area contributed by atoms with E-state index in [-0.39, 0.29) is 138 Å². The van der Waals surface area contributed by atoms with E-state index in [0.29, 0.717) is 104 Å².